The van der Waals surface area contributed by atoms with Gasteiger partial charge in [0.05, 0.1) is 42.3 Å². The molecule has 9 rings (SSSR count). The molecule has 3 amide bonds. The van der Waals surface area contributed by atoms with E-state index < -0.39 is 12.1 Å². The average Bonchev–Trinajstić information content (AvgIpc) is 4.15. The molecule has 2 aromatic heterocycles. The molecule has 0 radical (unpaired) electrons. The molecule has 3 aliphatic heterocycles. The van der Waals surface area contributed by atoms with Gasteiger partial charge >= 0.3 is 6.09 Å². The first-order valence-electron chi connectivity index (χ1n) is 21.5. The van der Waals surface area contributed by atoms with Crippen molar-refractivity contribution in [2.24, 2.45) is 0 Å². The van der Waals surface area contributed by atoms with Crippen molar-refractivity contribution in [3.63, 3.8) is 0 Å². The van der Waals surface area contributed by atoms with Gasteiger partial charge in [-0.15, -0.1) is 0 Å². The number of H-pyrrole nitrogens is 2. The number of hydrogen-bond acceptors (Lipinski definition) is 6. The number of aromatic nitrogens is 4. The lowest BCUT2D eigenvalue weighted by atomic mass is 10.0. The first-order valence-corrected chi connectivity index (χ1v) is 21.5. The Morgan fingerprint density at radius 2 is 1.16 bits per heavy atom. The van der Waals surface area contributed by atoms with E-state index in [4.69, 9.17) is 9.97 Å². The molecular weight excluding hydrogens is 765 g/mol. The quantitative estimate of drug-likeness (QED) is 0.112. The Morgan fingerprint density at radius 1 is 0.656 bits per heavy atom. The van der Waals surface area contributed by atoms with Gasteiger partial charge in [0.25, 0.3) is 5.91 Å². The van der Waals surface area contributed by atoms with Crippen LogP contribution < -0.4 is 0 Å². The number of amides is 3. The molecule has 5 heterocycles. The van der Waals surface area contributed by atoms with Gasteiger partial charge in [-0.05, 0) is 90.6 Å². The summed E-state index contributed by atoms with van der Waals surface area (Å²) in [6.45, 7) is 4.44. The van der Waals surface area contributed by atoms with Gasteiger partial charge in [0, 0.05) is 26.7 Å². The van der Waals surface area contributed by atoms with E-state index in [1.54, 1.807) is 23.2 Å². The summed E-state index contributed by atoms with van der Waals surface area (Å²) in [7, 11) is 1.44. The second-order valence-corrected chi connectivity index (χ2v) is 16.6. The van der Waals surface area contributed by atoms with Crippen LogP contribution in [0, 0.1) is 0 Å². The summed E-state index contributed by atoms with van der Waals surface area (Å²) in [5.74, 6) is 1.42. The SMILES string of the molecule is CN(C(=O)O)[C@@H](C(=O)N1CCC[C@H]1c1ncc(-c2ccc(-c3ccc(-c4cnc([C@@H]5CCCN5C(=O)Cc5ccccc5CN5CCCC5)[nH]4)cc3)cc2)[nH]1)c1ccccc1. The van der Waals surface area contributed by atoms with Gasteiger partial charge in [0.2, 0.25) is 5.91 Å². The molecule has 0 aliphatic carbocycles. The summed E-state index contributed by atoms with van der Waals surface area (Å²) >= 11 is 0. The molecule has 6 aromatic rings. The van der Waals surface area contributed by atoms with Crippen LogP contribution in [0.5, 0.6) is 0 Å². The zero-order valence-corrected chi connectivity index (χ0v) is 34.5. The van der Waals surface area contributed by atoms with Gasteiger partial charge in [-0.1, -0.05) is 103 Å². The molecule has 12 nitrogen and oxygen atoms in total. The maximum Gasteiger partial charge on any atom is 0.407 e. The zero-order valence-electron chi connectivity index (χ0n) is 34.5. The van der Waals surface area contributed by atoms with E-state index in [-0.39, 0.29) is 23.9 Å². The fourth-order valence-corrected chi connectivity index (χ4v) is 9.42. The van der Waals surface area contributed by atoms with Crippen molar-refractivity contribution in [1.29, 1.82) is 0 Å². The Hall–Kier alpha value is -6.53. The maximum absolute atomic E-state index is 14.0. The Kier molecular flexibility index (Phi) is 11.5. The van der Waals surface area contributed by atoms with Gasteiger partial charge in [-0.25, -0.2) is 14.8 Å². The highest BCUT2D eigenvalue weighted by Crippen LogP contribution is 2.37. The van der Waals surface area contributed by atoms with Crippen LogP contribution in [0.15, 0.2) is 116 Å². The van der Waals surface area contributed by atoms with Crippen LogP contribution >= 0.6 is 0 Å². The fraction of sp³-hybridized carbons (Fsp3) is 0.327. The molecule has 3 aliphatic rings. The number of nitrogens with one attached hydrogen (secondary N) is 2. The van der Waals surface area contributed by atoms with Crippen LogP contribution in [0.2, 0.25) is 0 Å². The van der Waals surface area contributed by atoms with E-state index in [1.807, 2.05) is 35.4 Å². The monoisotopic (exact) mass is 816 g/mol. The number of hydrogen-bond donors (Lipinski definition) is 3. The third-order valence-corrected chi connectivity index (χ3v) is 12.7. The van der Waals surface area contributed by atoms with Crippen molar-refractivity contribution < 1.29 is 19.5 Å². The second kappa shape index (κ2) is 17.6. The first-order chi connectivity index (χ1) is 29.8. The lowest BCUT2D eigenvalue weighted by molar-refractivity contribution is -0.137. The highest BCUT2D eigenvalue weighted by atomic mass is 16.4. The smallest absolute Gasteiger partial charge is 0.407 e. The average molecular weight is 817 g/mol. The van der Waals surface area contributed by atoms with E-state index in [9.17, 15) is 19.5 Å². The van der Waals surface area contributed by atoms with E-state index in [0.29, 0.717) is 24.4 Å². The minimum atomic E-state index is -1.16. The topological polar surface area (TPSA) is 142 Å². The van der Waals surface area contributed by atoms with E-state index >= 15 is 0 Å². The van der Waals surface area contributed by atoms with Crippen molar-refractivity contribution >= 4 is 17.9 Å². The highest BCUT2D eigenvalue weighted by Gasteiger charge is 2.39. The number of carbonyl (C=O) groups is 3. The number of likely N-dealkylation sites (N-methyl/N-ethyl adjacent to an activating group) is 1. The molecule has 12 heteroatoms. The van der Waals surface area contributed by atoms with Crippen molar-refractivity contribution in [2.75, 3.05) is 33.2 Å². The zero-order chi connectivity index (χ0) is 41.9. The van der Waals surface area contributed by atoms with Crippen molar-refractivity contribution in [3.05, 3.63) is 144 Å². The van der Waals surface area contributed by atoms with Crippen molar-refractivity contribution in [3.8, 4) is 33.6 Å². The normalized spacial score (nSPS) is 18.4. The van der Waals surface area contributed by atoms with Gasteiger partial charge in [0.1, 0.15) is 17.7 Å². The molecule has 3 fully saturated rings. The van der Waals surface area contributed by atoms with Crippen LogP contribution in [0.4, 0.5) is 4.79 Å². The van der Waals surface area contributed by atoms with Crippen molar-refractivity contribution in [1.82, 2.24) is 39.5 Å². The number of carboxylic acid groups (broad SMARTS) is 1. The summed E-state index contributed by atoms with van der Waals surface area (Å²) in [6.07, 6.45) is 8.81. The Morgan fingerprint density at radius 3 is 1.74 bits per heavy atom. The molecule has 312 valence electrons. The van der Waals surface area contributed by atoms with Gasteiger partial charge in [-0.3, -0.25) is 19.4 Å². The molecule has 0 bridgehead atoms. The summed E-state index contributed by atoms with van der Waals surface area (Å²) in [4.78, 5) is 63.6. The summed E-state index contributed by atoms with van der Waals surface area (Å²) < 4.78 is 0. The lowest BCUT2D eigenvalue weighted by Crippen LogP contribution is -2.43. The molecule has 3 saturated heterocycles. The number of carbonyl (C=O) groups excluding carboxylic acids is 2. The fourth-order valence-electron chi connectivity index (χ4n) is 9.42. The Labute approximate surface area is 356 Å². The highest BCUT2D eigenvalue weighted by molar-refractivity contribution is 5.87. The first kappa shape index (κ1) is 39.9. The van der Waals surface area contributed by atoms with Crippen LogP contribution in [-0.4, -0.2) is 95.8 Å². The molecular formula is C49H52N8O4. The van der Waals surface area contributed by atoms with Crippen LogP contribution in [0.1, 0.15) is 85.0 Å². The molecule has 61 heavy (non-hydrogen) atoms. The van der Waals surface area contributed by atoms with Gasteiger partial charge < -0.3 is 24.9 Å². The number of benzene rings is 4. The summed E-state index contributed by atoms with van der Waals surface area (Å²) in [5, 5.41) is 9.81. The Bertz CT molecular complexity index is 2470. The minimum absolute atomic E-state index is 0.0619. The Balaban J connectivity index is 0.840. The largest absolute Gasteiger partial charge is 0.465 e. The standard InChI is InChI=1S/C49H52N8O4/c1-54(49(60)61)45(37-11-3-2-4-12-37)48(59)57-28-10-16-43(57)47-51-31-41(53-47)36-23-19-34(20-24-36)33-17-21-35(22-18-33)40-30-50-46(52-40)42-15-9-27-56(42)44(58)29-38-13-5-6-14-39(38)32-55-25-7-8-26-55/h2-6,11-14,17-24,30-31,42-43,45H,7-10,15-16,25-29,32H2,1H3,(H,50,52)(H,51,53)(H,60,61)/t42-,43-,45+/m0/s1. The van der Waals surface area contributed by atoms with Crippen LogP contribution in [0.3, 0.4) is 0 Å². The lowest BCUT2D eigenvalue weighted by Gasteiger charge is -2.32. The number of aromatic amines is 2. The maximum atomic E-state index is 14.0. The molecule has 4 aromatic carbocycles. The predicted octanol–water partition coefficient (Wildman–Crippen LogP) is 8.65. The number of imidazole rings is 2. The molecule has 0 saturated carbocycles. The third kappa shape index (κ3) is 8.45. The van der Waals surface area contributed by atoms with E-state index in [2.05, 4.69) is 81.6 Å². The van der Waals surface area contributed by atoms with E-state index in [1.165, 1.54) is 25.5 Å². The number of nitrogens with zero attached hydrogens (tertiary/aromatic N) is 6. The summed E-state index contributed by atoms with van der Waals surface area (Å²) in [6, 6.07) is 32.9. The predicted molar refractivity (Wildman–Crippen MR) is 234 cm³/mol. The molecule has 0 unspecified atom stereocenters. The minimum Gasteiger partial charge on any atom is -0.465 e. The third-order valence-electron chi connectivity index (χ3n) is 12.7. The van der Waals surface area contributed by atoms with Crippen LogP contribution in [-0.2, 0) is 22.6 Å². The van der Waals surface area contributed by atoms with Crippen molar-refractivity contribution in [2.45, 2.75) is 69.6 Å². The molecule has 3 atom stereocenters. The second-order valence-electron chi connectivity index (χ2n) is 16.6. The van der Waals surface area contributed by atoms with Crippen LogP contribution in [0.25, 0.3) is 33.6 Å². The van der Waals surface area contributed by atoms with E-state index in [0.717, 1.165) is 102 Å². The number of likely N-dealkylation sites (tertiary alicyclic amines) is 3. The molecule has 3 N–H and O–H groups in total. The number of rotatable bonds is 12. The summed E-state index contributed by atoms with van der Waals surface area (Å²) in [5.41, 5.74) is 8.94. The van der Waals surface area contributed by atoms with Gasteiger partial charge in [-0.2, -0.15) is 0 Å². The molecule has 0 spiro atoms. The van der Waals surface area contributed by atoms with Gasteiger partial charge in [0.15, 0.2) is 0 Å².